The van der Waals surface area contributed by atoms with Gasteiger partial charge in [-0.3, -0.25) is 14.5 Å². The van der Waals surface area contributed by atoms with Gasteiger partial charge in [-0.2, -0.15) is 0 Å². The Balaban J connectivity index is 1.52. The van der Waals surface area contributed by atoms with Crippen molar-refractivity contribution in [3.05, 3.63) is 34.9 Å². The van der Waals surface area contributed by atoms with E-state index in [0.29, 0.717) is 36.6 Å². The van der Waals surface area contributed by atoms with Crippen molar-refractivity contribution in [1.82, 2.24) is 14.7 Å². The van der Waals surface area contributed by atoms with Crippen molar-refractivity contribution in [1.29, 1.82) is 0 Å². The summed E-state index contributed by atoms with van der Waals surface area (Å²) in [5.41, 5.74) is 0.445. The Morgan fingerprint density at radius 3 is 2.27 bits per heavy atom. The molecule has 0 N–H and O–H groups in total. The lowest BCUT2D eigenvalue weighted by Gasteiger charge is -2.39. The predicted octanol–water partition coefficient (Wildman–Crippen LogP) is 5.99. The zero-order chi connectivity index (χ0) is 27.0. The van der Waals surface area contributed by atoms with Crippen LogP contribution in [0.2, 0.25) is 5.02 Å². The van der Waals surface area contributed by atoms with Gasteiger partial charge in [0, 0.05) is 49.3 Å². The van der Waals surface area contributed by atoms with E-state index in [0.717, 1.165) is 50.3 Å². The monoisotopic (exact) mass is 529 g/mol. The van der Waals surface area contributed by atoms with Crippen molar-refractivity contribution in [3.8, 4) is 0 Å². The summed E-state index contributed by atoms with van der Waals surface area (Å²) < 4.78 is 0. The second-order valence-corrected chi connectivity index (χ2v) is 13.9. The van der Waals surface area contributed by atoms with E-state index in [1.165, 1.54) is 12.8 Å². The van der Waals surface area contributed by atoms with E-state index >= 15 is 0 Å². The third-order valence-electron chi connectivity index (χ3n) is 9.12. The predicted molar refractivity (Wildman–Crippen MR) is 152 cm³/mol. The lowest BCUT2D eigenvalue weighted by atomic mass is 9.78. The van der Waals surface area contributed by atoms with Gasteiger partial charge < -0.3 is 9.80 Å². The minimum atomic E-state index is -0.590. The number of rotatable bonds is 6. The molecule has 2 saturated heterocycles. The third kappa shape index (κ3) is 6.19. The summed E-state index contributed by atoms with van der Waals surface area (Å²) in [4.78, 5) is 34.8. The van der Waals surface area contributed by atoms with E-state index in [1.54, 1.807) is 0 Å². The second-order valence-electron chi connectivity index (χ2n) is 13.5. The highest BCUT2D eigenvalue weighted by Gasteiger charge is 2.51. The highest BCUT2D eigenvalue weighted by Crippen LogP contribution is 2.41. The topological polar surface area (TPSA) is 43.9 Å². The lowest BCUT2D eigenvalue weighted by molar-refractivity contribution is -0.140. The summed E-state index contributed by atoms with van der Waals surface area (Å²) in [6.07, 6.45) is 6.18. The molecule has 1 aliphatic carbocycles. The van der Waals surface area contributed by atoms with E-state index in [-0.39, 0.29) is 23.3 Å². The van der Waals surface area contributed by atoms with E-state index in [4.69, 9.17) is 11.6 Å². The van der Waals surface area contributed by atoms with Crippen molar-refractivity contribution in [2.24, 2.45) is 17.8 Å². The van der Waals surface area contributed by atoms with Crippen molar-refractivity contribution < 1.29 is 9.59 Å². The van der Waals surface area contributed by atoms with Gasteiger partial charge in [0.15, 0.2) is 0 Å². The van der Waals surface area contributed by atoms with Crippen molar-refractivity contribution in [2.45, 2.75) is 97.1 Å². The highest BCUT2D eigenvalue weighted by molar-refractivity contribution is 6.30. The van der Waals surface area contributed by atoms with Gasteiger partial charge in [0.2, 0.25) is 11.8 Å². The molecule has 0 spiro atoms. The molecular formula is C31H48ClN3O2. The number of hydrogen-bond acceptors (Lipinski definition) is 3. The lowest BCUT2D eigenvalue weighted by Crippen LogP contribution is -2.51. The van der Waals surface area contributed by atoms with Gasteiger partial charge >= 0.3 is 0 Å². The minimum Gasteiger partial charge on any atom is -0.341 e. The van der Waals surface area contributed by atoms with Crippen LogP contribution in [0.25, 0.3) is 0 Å². The van der Waals surface area contributed by atoms with E-state index in [1.807, 2.05) is 29.2 Å². The molecule has 1 saturated carbocycles. The Morgan fingerprint density at radius 2 is 1.70 bits per heavy atom. The van der Waals surface area contributed by atoms with Crippen LogP contribution in [0.4, 0.5) is 0 Å². The summed E-state index contributed by atoms with van der Waals surface area (Å²) in [6.45, 7) is 17.0. The molecule has 0 radical (unpaired) electrons. The van der Waals surface area contributed by atoms with Crippen LogP contribution in [0, 0.1) is 17.8 Å². The van der Waals surface area contributed by atoms with Crippen LogP contribution < -0.4 is 0 Å². The molecule has 206 valence electrons. The largest absolute Gasteiger partial charge is 0.341 e. The Labute approximate surface area is 229 Å². The number of likely N-dealkylation sites (tertiary alicyclic amines) is 2. The maximum atomic E-state index is 14.3. The van der Waals surface area contributed by atoms with Crippen LogP contribution in [0.15, 0.2) is 24.3 Å². The van der Waals surface area contributed by atoms with Crippen molar-refractivity contribution >= 4 is 23.4 Å². The number of carbonyl (C=O) groups is 2. The van der Waals surface area contributed by atoms with Crippen LogP contribution in [-0.2, 0) is 15.0 Å². The van der Waals surface area contributed by atoms with E-state index < -0.39 is 5.41 Å². The van der Waals surface area contributed by atoms with Crippen LogP contribution in [-0.4, -0.2) is 70.8 Å². The average molecular weight is 530 g/mol. The normalized spacial score (nSPS) is 29.2. The van der Waals surface area contributed by atoms with Gasteiger partial charge in [-0.1, -0.05) is 44.5 Å². The summed E-state index contributed by atoms with van der Waals surface area (Å²) in [5, 5.41) is 0.686. The number of amides is 2. The zero-order valence-electron chi connectivity index (χ0n) is 23.9. The first-order valence-electron chi connectivity index (χ1n) is 14.5. The SMILES string of the molecule is CC(C)CN(C(=O)[C@H]1CCN(C(=O)C2(c3ccc(Cl)cc3)CCN(C(C)(C)C)C2)C1)[C@H]1CC[C@@H](C)CC1. The number of carbonyl (C=O) groups excluding carboxylic acids is 2. The maximum absolute atomic E-state index is 14.3. The van der Waals surface area contributed by atoms with Gasteiger partial charge in [-0.25, -0.2) is 0 Å². The number of hydrogen-bond donors (Lipinski definition) is 0. The van der Waals surface area contributed by atoms with Crippen molar-refractivity contribution in [2.75, 3.05) is 32.7 Å². The van der Waals surface area contributed by atoms with Crippen LogP contribution in [0.1, 0.15) is 85.6 Å². The molecule has 4 rings (SSSR count). The first-order chi connectivity index (χ1) is 17.4. The Hall–Kier alpha value is -1.59. The first-order valence-corrected chi connectivity index (χ1v) is 14.9. The molecular weight excluding hydrogens is 482 g/mol. The molecule has 0 bridgehead atoms. The van der Waals surface area contributed by atoms with E-state index in [2.05, 4.69) is 51.3 Å². The summed E-state index contributed by atoms with van der Waals surface area (Å²) in [6, 6.07) is 8.21. The van der Waals surface area contributed by atoms with Gasteiger partial charge in [-0.05, 0) is 88.8 Å². The molecule has 3 aliphatic rings. The summed E-state index contributed by atoms with van der Waals surface area (Å²) in [7, 11) is 0. The number of benzene rings is 1. The molecule has 0 aromatic heterocycles. The highest BCUT2D eigenvalue weighted by atomic mass is 35.5. The summed E-state index contributed by atoms with van der Waals surface area (Å²) in [5.74, 6) is 1.56. The van der Waals surface area contributed by atoms with Crippen LogP contribution in [0.5, 0.6) is 0 Å². The second kappa shape index (κ2) is 11.3. The fourth-order valence-corrected chi connectivity index (χ4v) is 6.86. The van der Waals surface area contributed by atoms with Crippen LogP contribution in [0.3, 0.4) is 0 Å². The van der Waals surface area contributed by atoms with Crippen LogP contribution >= 0.6 is 11.6 Å². The zero-order valence-corrected chi connectivity index (χ0v) is 24.7. The quantitative estimate of drug-likeness (QED) is 0.454. The maximum Gasteiger partial charge on any atom is 0.234 e. The Morgan fingerprint density at radius 1 is 1.05 bits per heavy atom. The molecule has 2 atom stereocenters. The van der Waals surface area contributed by atoms with Gasteiger partial charge in [0.1, 0.15) is 0 Å². The molecule has 3 fully saturated rings. The molecule has 1 aromatic carbocycles. The molecule has 37 heavy (non-hydrogen) atoms. The van der Waals surface area contributed by atoms with E-state index in [9.17, 15) is 9.59 Å². The standard InChI is InChI=1S/C31H48ClN3O2/c1-22(2)19-35(27-13-7-23(3)8-14-27)28(36)24-15-17-33(20-24)29(37)31(25-9-11-26(32)12-10-25)16-18-34(21-31)30(4,5)6/h9-12,22-24,27H,7-8,13-21H2,1-6H3/t23-,24-,27+,31?/m0/s1. The number of halogens is 1. The van der Waals surface area contributed by atoms with Crippen molar-refractivity contribution in [3.63, 3.8) is 0 Å². The molecule has 6 heteroatoms. The molecule has 2 aliphatic heterocycles. The molecule has 1 unspecified atom stereocenters. The smallest absolute Gasteiger partial charge is 0.234 e. The minimum absolute atomic E-state index is 0.00714. The van der Waals surface area contributed by atoms with Gasteiger partial charge in [0.05, 0.1) is 11.3 Å². The molecule has 2 amide bonds. The Bertz CT molecular complexity index is 948. The Kier molecular flexibility index (Phi) is 8.65. The molecule has 2 heterocycles. The molecule has 5 nitrogen and oxygen atoms in total. The average Bonchev–Trinajstić information content (AvgIpc) is 3.51. The fourth-order valence-electron chi connectivity index (χ4n) is 6.73. The number of nitrogens with zero attached hydrogens (tertiary/aromatic N) is 3. The van der Waals surface area contributed by atoms with Gasteiger partial charge in [-0.15, -0.1) is 0 Å². The summed E-state index contributed by atoms with van der Waals surface area (Å²) >= 11 is 6.22. The first kappa shape index (κ1) is 28.4. The fraction of sp³-hybridized carbons (Fsp3) is 0.742. The molecule has 1 aromatic rings. The van der Waals surface area contributed by atoms with Gasteiger partial charge in [0.25, 0.3) is 0 Å². The third-order valence-corrected chi connectivity index (χ3v) is 9.37.